The Bertz CT molecular complexity index is 1000. The van der Waals surface area contributed by atoms with Crippen LogP contribution in [0.5, 0.6) is 5.75 Å². The summed E-state index contributed by atoms with van der Waals surface area (Å²) >= 11 is 12.3. The highest BCUT2D eigenvalue weighted by atomic mass is 35.5. The number of nitrogens with one attached hydrogen (secondary N) is 2. The summed E-state index contributed by atoms with van der Waals surface area (Å²) in [5.74, 6) is -1.73. The van der Waals surface area contributed by atoms with E-state index in [-0.39, 0.29) is 33.7 Å². The van der Waals surface area contributed by atoms with Crippen LogP contribution in [0.15, 0.2) is 36.4 Å². The van der Waals surface area contributed by atoms with E-state index in [1.165, 1.54) is 19.1 Å². The van der Waals surface area contributed by atoms with Crippen LogP contribution in [0.2, 0.25) is 10.0 Å². The number of anilines is 1. The largest absolute Gasteiger partial charge is 0.486 e. The zero-order valence-electron chi connectivity index (χ0n) is 15.2. The maximum absolute atomic E-state index is 11.9. The van der Waals surface area contributed by atoms with E-state index < -0.39 is 28.4 Å². The van der Waals surface area contributed by atoms with Crippen LogP contribution in [-0.4, -0.2) is 37.7 Å². The standard InChI is InChI=1S/C18H18Cl2N2O6S/c1-2-29(26,27)22-13-5-3-4-11(6-13)10-28-17-14(19)7-12(8-15(17)20)18(25)21-9-16(23)24/h3-8,22H,2,9-10H2,1H3,(H,21,25)(H,23,24). The van der Waals surface area contributed by atoms with Crippen LogP contribution < -0.4 is 14.8 Å². The molecule has 2 rings (SSSR count). The smallest absolute Gasteiger partial charge is 0.322 e. The first-order valence-electron chi connectivity index (χ1n) is 8.32. The summed E-state index contributed by atoms with van der Waals surface area (Å²) in [7, 11) is -3.40. The molecule has 0 saturated carbocycles. The fourth-order valence-corrected chi connectivity index (χ4v) is 3.45. The zero-order valence-corrected chi connectivity index (χ0v) is 17.6. The van der Waals surface area contributed by atoms with Gasteiger partial charge in [-0.1, -0.05) is 35.3 Å². The summed E-state index contributed by atoms with van der Waals surface area (Å²) in [6.07, 6.45) is 0. The maximum Gasteiger partial charge on any atom is 0.322 e. The van der Waals surface area contributed by atoms with E-state index in [1.54, 1.807) is 24.3 Å². The molecule has 0 bridgehead atoms. The van der Waals surface area contributed by atoms with Gasteiger partial charge in [0.25, 0.3) is 5.91 Å². The van der Waals surface area contributed by atoms with Gasteiger partial charge in [0.15, 0.2) is 5.75 Å². The van der Waals surface area contributed by atoms with Gasteiger partial charge in [0.05, 0.1) is 15.8 Å². The Kier molecular flexibility index (Phi) is 7.72. The zero-order chi connectivity index (χ0) is 21.6. The van der Waals surface area contributed by atoms with Crippen molar-refractivity contribution >= 4 is 50.8 Å². The lowest BCUT2D eigenvalue weighted by Crippen LogP contribution is -2.29. The maximum atomic E-state index is 11.9. The molecule has 0 unspecified atom stereocenters. The Morgan fingerprint density at radius 1 is 1.14 bits per heavy atom. The molecule has 0 heterocycles. The molecule has 29 heavy (non-hydrogen) atoms. The Morgan fingerprint density at radius 3 is 2.38 bits per heavy atom. The average molecular weight is 461 g/mol. The van der Waals surface area contributed by atoms with Crippen molar-refractivity contribution in [2.24, 2.45) is 0 Å². The molecule has 156 valence electrons. The van der Waals surface area contributed by atoms with Crippen LogP contribution in [0.1, 0.15) is 22.8 Å². The molecule has 0 atom stereocenters. The summed E-state index contributed by atoms with van der Waals surface area (Å²) in [6.45, 7) is 1.04. The van der Waals surface area contributed by atoms with Crippen molar-refractivity contribution in [1.82, 2.24) is 5.32 Å². The van der Waals surface area contributed by atoms with Crippen LogP contribution in [-0.2, 0) is 21.4 Å². The molecule has 0 aliphatic heterocycles. The number of carbonyl (C=O) groups excluding carboxylic acids is 1. The molecule has 0 aliphatic carbocycles. The van der Waals surface area contributed by atoms with E-state index in [1.807, 2.05) is 0 Å². The van der Waals surface area contributed by atoms with E-state index in [0.29, 0.717) is 11.3 Å². The van der Waals surface area contributed by atoms with Crippen molar-refractivity contribution in [3.63, 3.8) is 0 Å². The Balaban J connectivity index is 2.11. The minimum Gasteiger partial charge on any atom is -0.486 e. The van der Waals surface area contributed by atoms with Gasteiger partial charge in [-0.3, -0.25) is 14.3 Å². The van der Waals surface area contributed by atoms with Crippen LogP contribution in [0.4, 0.5) is 5.69 Å². The number of sulfonamides is 1. The third-order valence-electron chi connectivity index (χ3n) is 3.62. The lowest BCUT2D eigenvalue weighted by Gasteiger charge is -2.13. The molecule has 2 aromatic carbocycles. The second-order valence-electron chi connectivity index (χ2n) is 5.84. The lowest BCUT2D eigenvalue weighted by molar-refractivity contribution is -0.135. The number of ether oxygens (including phenoxy) is 1. The van der Waals surface area contributed by atoms with Gasteiger partial charge in [0.2, 0.25) is 10.0 Å². The molecule has 0 fully saturated rings. The number of carboxylic acid groups (broad SMARTS) is 1. The van der Waals surface area contributed by atoms with Gasteiger partial charge in [-0.2, -0.15) is 0 Å². The SMILES string of the molecule is CCS(=O)(=O)Nc1cccc(COc2c(Cl)cc(C(=O)NCC(=O)O)cc2Cl)c1. The fraction of sp³-hybridized carbons (Fsp3) is 0.222. The highest BCUT2D eigenvalue weighted by Crippen LogP contribution is 2.35. The number of hydrogen-bond acceptors (Lipinski definition) is 5. The molecule has 0 aromatic heterocycles. The van der Waals surface area contributed by atoms with E-state index in [0.717, 1.165) is 0 Å². The molecule has 0 aliphatic rings. The van der Waals surface area contributed by atoms with Gasteiger partial charge in [-0.15, -0.1) is 0 Å². The summed E-state index contributed by atoms with van der Waals surface area (Å²) in [5, 5.41) is 11.0. The molecule has 0 saturated heterocycles. The highest BCUT2D eigenvalue weighted by molar-refractivity contribution is 7.92. The van der Waals surface area contributed by atoms with Crippen LogP contribution in [0.25, 0.3) is 0 Å². The molecule has 8 nitrogen and oxygen atoms in total. The van der Waals surface area contributed by atoms with Gasteiger partial charge in [0, 0.05) is 11.3 Å². The molecule has 3 N–H and O–H groups in total. The first kappa shape index (κ1) is 22.8. The lowest BCUT2D eigenvalue weighted by atomic mass is 10.2. The van der Waals surface area contributed by atoms with E-state index in [4.69, 9.17) is 33.0 Å². The number of rotatable bonds is 9. The fourth-order valence-electron chi connectivity index (χ4n) is 2.22. The van der Waals surface area contributed by atoms with Crippen LogP contribution in [0, 0.1) is 0 Å². The average Bonchev–Trinajstić information content (AvgIpc) is 2.65. The Morgan fingerprint density at radius 2 is 1.79 bits per heavy atom. The first-order chi connectivity index (χ1) is 13.6. The number of hydrogen-bond donors (Lipinski definition) is 3. The van der Waals surface area contributed by atoms with Crippen LogP contribution in [0.3, 0.4) is 0 Å². The first-order valence-corrected chi connectivity index (χ1v) is 10.7. The summed E-state index contributed by atoms with van der Waals surface area (Å²) in [4.78, 5) is 22.5. The summed E-state index contributed by atoms with van der Waals surface area (Å²) in [6, 6.07) is 9.26. The minimum absolute atomic E-state index is 0.0473. The summed E-state index contributed by atoms with van der Waals surface area (Å²) < 4.78 is 31.4. The number of amides is 1. The number of aliphatic carboxylic acids is 1. The van der Waals surface area contributed by atoms with Crippen molar-refractivity contribution in [2.45, 2.75) is 13.5 Å². The summed E-state index contributed by atoms with van der Waals surface area (Å²) in [5.41, 5.74) is 1.15. The molecular formula is C18H18Cl2N2O6S. The Labute approximate surface area is 177 Å². The second-order valence-corrected chi connectivity index (χ2v) is 8.67. The molecule has 0 radical (unpaired) electrons. The highest BCUT2D eigenvalue weighted by Gasteiger charge is 2.15. The van der Waals surface area contributed by atoms with Gasteiger partial charge in [-0.25, -0.2) is 8.42 Å². The van der Waals surface area contributed by atoms with E-state index in [9.17, 15) is 18.0 Å². The predicted octanol–water partition coefficient (Wildman–Crippen LogP) is 3.15. The van der Waals surface area contributed by atoms with Gasteiger partial charge in [-0.05, 0) is 36.8 Å². The number of halogens is 2. The van der Waals surface area contributed by atoms with Crippen molar-refractivity contribution in [3.8, 4) is 5.75 Å². The number of carboxylic acids is 1. The normalized spacial score (nSPS) is 11.0. The molecule has 2 aromatic rings. The van der Waals surface area contributed by atoms with Crippen molar-refractivity contribution in [3.05, 3.63) is 57.6 Å². The molecule has 0 spiro atoms. The number of benzene rings is 2. The monoisotopic (exact) mass is 460 g/mol. The van der Waals surface area contributed by atoms with E-state index in [2.05, 4.69) is 10.0 Å². The van der Waals surface area contributed by atoms with Crippen molar-refractivity contribution in [1.29, 1.82) is 0 Å². The van der Waals surface area contributed by atoms with Gasteiger partial charge in [0.1, 0.15) is 13.2 Å². The topological polar surface area (TPSA) is 122 Å². The quantitative estimate of drug-likeness (QED) is 0.528. The second kappa shape index (κ2) is 9.82. The van der Waals surface area contributed by atoms with Crippen LogP contribution >= 0.6 is 23.2 Å². The van der Waals surface area contributed by atoms with Gasteiger partial charge < -0.3 is 15.2 Å². The van der Waals surface area contributed by atoms with Gasteiger partial charge >= 0.3 is 5.97 Å². The third kappa shape index (κ3) is 6.81. The predicted molar refractivity (Wildman–Crippen MR) is 110 cm³/mol. The van der Waals surface area contributed by atoms with Crippen molar-refractivity contribution < 1.29 is 27.9 Å². The third-order valence-corrected chi connectivity index (χ3v) is 5.49. The molecule has 11 heteroatoms. The molecular weight excluding hydrogens is 443 g/mol. The minimum atomic E-state index is -3.40. The van der Waals surface area contributed by atoms with E-state index >= 15 is 0 Å². The Hall–Kier alpha value is -2.49. The molecule has 1 amide bonds. The number of carbonyl (C=O) groups is 2. The van der Waals surface area contributed by atoms with Crippen molar-refractivity contribution in [2.75, 3.05) is 17.0 Å².